The summed E-state index contributed by atoms with van der Waals surface area (Å²) < 4.78 is 11.3. The Morgan fingerprint density at radius 1 is 1.17 bits per heavy atom. The molecule has 1 amide bonds. The van der Waals surface area contributed by atoms with Crippen molar-refractivity contribution >= 4 is 5.91 Å². The van der Waals surface area contributed by atoms with Crippen molar-refractivity contribution in [3.8, 4) is 0 Å². The minimum atomic E-state index is 0.140. The first kappa shape index (κ1) is 18.2. The Hall–Kier alpha value is -0.650. The second-order valence-electron chi connectivity index (χ2n) is 7.73. The van der Waals surface area contributed by atoms with Gasteiger partial charge in [-0.2, -0.15) is 0 Å². The highest BCUT2D eigenvalue weighted by molar-refractivity contribution is 5.76. The van der Waals surface area contributed by atoms with Crippen LogP contribution < -0.4 is 5.32 Å². The van der Waals surface area contributed by atoms with Gasteiger partial charge in [-0.15, -0.1) is 0 Å². The van der Waals surface area contributed by atoms with Crippen LogP contribution in [0.4, 0.5) is 0 Å². The van der Waals surface area contributed by atoms with Crippen molar-refractivity contribution in [2.24, 2.45) is 0 Å². The zero-order chi connectivity index (χ0) is 16.8. The van der Waals surface area contributed by atoms with E-state index in [0.29, 0.717) is 12.5 Å². The molecule has 2 aliphatic heterocycles. The van der Waals surface area contributed by atoms with Crippen molar-refractivity contribution in [1.82, 2.24) is 10.2 Å². The lowest BCUT2D eigenvalue weighted by Gasteiger charge is -2.47. The molecule has 2 saturated heterocycles. The van der Waals surface area contributed by atoms with Crippen molar-refractivity contribution in [3.63, 3.8) is 0 Å². The average molecular weight is 338 g/mol. The molecule has 5 heteroatoms. The van der Waals surface area contributed by atoms with Gasteiger partial charge in [0.15, 0.2) is 0 Å². The monoisotopic (exact) mass is 338 g/mol. The van der Waals surface area contributed by atoms with Gasteiger partial charge < -0.3 is 14.8 Å². The van der Waals surface area contributed by atoms with Crippen LogP contribution in [-0.2, 0) is 14.3 Å². The molecule has 0 aromatic carbocycles. The highest BCUT2D eigenvalue weighted by Crippen LogP contribution is 2.38. The van der Waals surface area contributed by atoms with E-state index in [1.165, 1.54) is 38.5 Å². The van der Waals surface area contributed by atoms with E-state index in [-0.39, 0.29) is 17.5 Å². The number of ether oxygens (including phenoxy) is 2. The van der Waals surface area contributed by atoms with Crippen LogP contribution in [-0.4, -0.2) is 61.4 Å². The molecule has 0 aromatic heterocycles. The molecular formula is C19H34N2O3. The lowest BCUT2D eigenvalue weighted by Crippen LogP contribution is -2.62. The first-order chi connectivity index (χ1) is 11.7. The zero-order valence-electron chi connectivity index (χ0n) is 15.2. The molecule has 1 N–H and O–H groups in total. The number of nitrogens with zero attached hydrogens (tertiary/aromatic N) is 1. The van der Waals surface area contributed by atoms with E-state index in [2.05, 4.69) is 17.1 Å². The van der Waals surface area contributed by atoms with Crippen molar-refractivity contribution in [1.29, 1.82) is 0 Å². The number of amides is 1. The van der Waals surface area contributed by atoms with Gasteiger partial charge in [-0.1, -0.05) is 12.8 Å². The molecule has 3 rings (SSSR count). The number of morpholine rings is 1. The maximum absolute atomic E-state index is 12.5. The minimum Gasteiger partial charge on any atom is -0.379 e. The molecule has 3 fully saturated rings. The first-order valence-corrected chi connectivity index (χ1v) is 9.94. The van der Waals surface area contributed by atoms with E-state index in [1.807, 2.05) is 0 Å². The predicted molar refractivity (Wildman–Crippen MR) is 94.0 cm³/mol. The van der Waals surface area contributed by atoms with Crippen LogP contribution in [0.1, 0.15) is 64.7 Å². The van der Waals surface area contributed by atoms with E-state index in [9.17, 15) is 4.79 Å². The summed E-state index contributed by atoms with van der Waals surface area (Å²) in [7, 11) is 0. The Morgan fingerprint density at radius 3 is 2.58 bits per heavy atom. The molecule has 1 saturated carbocycles. The van der Waals surface area contributed by atoms with Crippen LogP contribution in [0.15, 0.2) is 0 Å². The quantitative estimate of drug-likeness (QED) is 0.808. The summed E-state index contributed by atoms with van der Waals surface area (Å²) in [6.45, 7) is 6.70. The van der Waals surface area contributed by atoms with Gasteiger partial charge in [0, 0.05) is 37.7 Å². The number of rotatable bonds is 6. The number of carbonyl (C=O) groups is 1. The molecule has 24 heavy (non-hydrogen) atoms. The molecule has 0 spiro atoms. The summed E-state index contributed by atoms with van der Waals surface area (Å²) in [4.78, 5) is 15.1. The number of nitrogens with one attached hydrogen (secondary N) is 1. The van der Waals surface area contributed by atoms with Gasteiger partial charge in [-0.05, 0) is 45.4 Å². The lowest BCUT2D eigenvalue weighted by atomic mass is 9.86. The Morgan fingerprint density at radius 2 is 1.92 bits per heavy atom. The van der Waals surface area contributed by atoms with Gasteiger partial charge in [-0.3, -0.25) is 9.69 Å². The third-order valence-electron chi connectivity index (χ3n) is 6.26. The summed E-state index contributed by atoms with van der Waals surface area (Å²) in [6.07, 6.45) is 10.2. The smallest absolute Gasteiger partial charge is 0.220 e. The van der Waals surface area contributed by atoms with Gasteiger partial charge >= 0.3 is 0 Å². The summed E-state index contributed by atoms with van der Waals surface area (Å²) in [5.41, 5.74) is 0.140. The Labute approximate surface area is 146 Å². The molecule has 0 radical (unpaired) electrons. The number of hydrogen-bond acceptors (Lipinski definition) is 4. The van der Waals surface area contributed by atoms with Crippen molar-refractivity contribution < 1.29 is 14.3 Å². The molecule has 1 aliphatic carbocycles. The highest BCUT2D eigenvalue weighted by atomic mass is 16.5. The molecule has 2 atom stereocenters. The third-order valence-corrected chi connectivity index (χ3v) is 6.26. The van der Waals surface area contributed by atoms with Crippen LogP contribution in [0.3, 0.4) is 0 Å². The summed E-state index contributed by atoms with van der Waals surface area (Å²) in [5.74, 6) is 0.191. The van der Waals surface area contributed by atoms with Crippen LogP contribution in [0.2, 0.25) is 0 Å². The zero-order valence-corrected chi connectivity index (χ0v) is 15.2. The molecule has 0 unspecified atom stereocenters. The Balaban J connectivity index is 1.51. The minimum absolute atomic E-state index is 0.140. The Bertz CT molecular complexity index is 397. The SMILES string of the molecule is C[C@H](NC(=O)CC[C@@H]1CCCCO1)C1(N2CCOCC2)CCCC1. The summed E-state index contributed by atoms with van der Waals surface area (Å²) in [6, 6.07) is 0.206. The van der Waals surface area contributed by atoms with Crippen LogP contribution in [0, 0.1) is 0 Å². The first-order valence-electron chi connectivity index (χ1n) is 9.94. The van der Waals surface area contributed by atoms with E-state index >= 15 is 0 Å². The fourth-order valence-corrected chi connectivity index (χ4v) is 4.79. The largest absolute Gasteiger partial charge is 0.379 e. The van der Waals surface area contributed by atoms with E-state index in [0.717, 1.165) is 45.8 Å². The van der Waals surface area contributed by atoms with Crippen molar-refractivity contribution in [3.05, 3.63) is 0 Å². The van der Waals surface area contributed by atoms with Crippen LogP contribution in [0.25, 0.3) is 0 Å². The summed E-state index contributed by atoms with van der Waals surface area (Å²) in [5, 5.41) is 3.32. The molecule has 2 heterocycles. The van der Waals surface area contributed by atoms with Crippen LogP contribution >= 0.6 is 0 Å². The molecule has 3 aliphatic rings. The van der Waals surface area contributed by atoms with Crippen LogP contribution in [0.5, 0.6) is 0 Å². The van der Waals surface area contributed by atoms with Gasteiger partial charge in [0.25, 0.3) is 0 Å². The standard InChI is InChI=1S/C19H34N2O3/c1-16(20-18(22)8-7-17-6-2-5-13-24-17)19(9-3-4-10-19)21-11-14-23-15-12-21/h16-17H,2-15H2,1H3,(H,20,22)/t16-,17-/m0/s1. The topological polar surface area (TPSA) is 50.8 Å². The lowest BCUT2D eigenvalue weighted by molar-refractivity contribution is -0.124. The predicted octanol–water partition coefficient (Wildman–Crippen LogP) is 2.49. The fraction of sp³-hybridized carbons (Fsp3) is 0.947. The van der Waals surface area contributed by atoms with Gasteiger partial charge in [0.05, 0.1) is 19.3 Å². The number of carbonyl (C=O) groups excluding carboxylic acids is 1. The van der Waals surface area contributed by atoms with E-state index in [4.69, 9.17) is 9.47 Å². The molecule has 138 valence electrons. The maximum atomic E-state index is 12.5. The second kappa shape index (κ2) is 8.63. The van der Waals surface area contributed by atoms with Crippen molar-refractivity contribution in [2.45, 2.75) is 82.4 Å². The third kappa shape index (κ3) is 4.30. The Kier molecular flexibility index (Phi) is 6.53. The number of hydrogen-bond donors (Lipinski definition) is 1. The van der Waals surface area contributed by atoms with E-state index in [1.54, 1.807) is 0 Å². The van der Waals surface area contributed by atoms with Crippen molar-refractivity contribution in [2.75, 3.05) is 32.9 Å². The molecule has 5 nitrogen and oxygen atoms in total. The maximum Gasteiger partial charge on any atom is 0.220 e. The highest BCUT2D eigenvalue weighted by Gasteiger charge is 2.44. The second-order valence-corrected chi connectivity index (χ2v) is 7.73. The molecule has 0 aromatic rings. The molecule has 0 bridgehead atoms. The van der Waals surface area contributed by atoms with Gasteiger partial charge in [0.1, 0.15) is 0 Å². The normalized spacial score (nSPS) is 29.3. The van der Waals surface area contributed by atoms with Gasteiger partial charge in [0.2, 0.25) is 5.91 Å². The molecular weight excluding hydrogens is 304 g/mol. The van der Waals surface area contributed by atoms with Gasteiger partial charge in [-0.25, -0.2) is 0 Å². The fourth-order valence-electron chi connectivity index (χ4n) is 4.79. The van der Waals surface area contributed by atoms with E-state index < -0.39 is 0 Å². The average Bonchev–Trinajstić information content (AvgIpc) is 3.13. The summed E-state index contributed by atoms with van der Waals surface area (Å²) >= 11 is 0.